The van der Waals surface area contributed by atoms with Gasteiger partial charge in [0.25, 0.3) is 5.69 Å². The first-order valence-corrected chi connectivity index (χ1v) is 11.9. The Bertz CT molecular complexity index is 780. The molecule has 4 bridgehead atoms. The van der Waals surface area contributed by atoms with Crippen molar-refractivity contribution in [1.82, 2.24) is 5.32 Å². The van der Waals surface area contributed by atoms with Crippen LogP contribution < -0.4 is 15.5 Å². The third-order valence-electron chi connectivity index (χ3n) is 8.48. The van der Waals surface area contributed by atoms with Gasteiger partial charge in [-0.15, -0.1) is 0 Å². The van der Waals surface area contributed by atoms with Gasteiger partial charge in [0.15, 0.2) is 0 Å². The van der Waals surface area contributed by atoms with E-state index in [9.17, 15) is 10.1 Å². The summed E-state index contributed by atoms with van der Waals surface area (Å²) in [6, 6.07) is 6.73. The lowest BCUT2D eigenvalue weighted by Gasteiger charge is -2.59. The van der Waals surface area contributed by atoms with Gasteiger partial charge in [-0.1, -0.05) is 0 Å². The molecule has 30 heavy (non-hydrogen) atoms. The summed E-state index contributed by atoms with van der Waals surface area (Å²) in [5, 5.41) is 19.0. The van der Waals surface area contributed by atoms with E-state index in [1.807, 2.05) is 12.1 Å². The van der Waals surface area contributed by atoms with E-state index in [-0.39, 0.29) is 16.7 Å². The molecule has 2 N–H and O–H groups in total. The fourth-order valence-electron chi connectivity index (χ4n) is 7.63. The SMILES string of the molecule is CC1CN(c2ccc([N+](=O)[O-])c(NC(C)C34CC5CC(CC(C5)C3)C4)c2)CC(C)N1. The Morgan fingerprint density at radius 1 is 1.10 bits per heavy atom. The molecule has 6 heteroatoms. The maximum atomic E-state index is 11.8. The minimum absolute atomic E-state index is 0.201. The Hall–Kier alpha value is -1.82. The Labute approximate surface area is 179 Å². The molecule has 1 aliphatic heterocycles. The molecule has 0 radical (unpaired) electrons. The van der Waals surface area contributed by atoms with Gasteiger partial charge < -0.3 is 15.5 Å². The third-order valence-corrected chi connectivity index (χ3v) is 8.48. The Morgan fingerprint density at radius 3 is 2.20 bits per heavy atom. The molecule has 5 aliphatic rings. The Balaban J connectivity index is 1.41. The van der Waals surface area contributed by atoms with E-state index in [0.717, 1.165) is 36.5 Å². The highest BCUT2D eigenvalue weighted by atomic mass is 16.6. The van der Waals surface area contributed by atoms with Crippen LogP contribution in [0.3, 0.4) is 0 Å². The first kappa shape index (κ1) is 20.1. The van der Waals surface area contributed by atoms with Crippen LogP contribution in [0.1, 0.15) is 59.3 Å². The van der Waals surface area contributed by atoms with Gasteiger partial charge in [0, 0.05) is 43.0 Å². The fraction of sp³-hybridized carbons (Fsp3) is 0.750. The van der Waals surface area contributed by atoms with Gasteiger partial charge in [0.2, 0.25) is 0 Å². The molecule has 5 fully saturated rings. The molecule has 3 unspecified atom stereocenters. The molecule has 1 aromatic rings. The molecule has 1 heterocycles. The van der Waals surface area contributed by atoms with Crippen molar-refractivity contribution in [1.29, 1.82) is 0 Å². The zero-order chi connectivity index (χ0) is 21.0. The van der Waals surface area contributed by atoms with Crippen LogP contribution in [-0.2, 0) is 0 Å². The molecular formula is C24H36N4O2. The maximum Gasteiger partial charge on any atom is 0.292 e. The number of piperazine rings is 1. The molecule has 3 atom stereocenters. The zero-order valence-corrected chi connectivity index (χ0v) is 18.6. The van der Waals surface area contributed by atoms with Crippen molar-refractivity contribution in [3.63, 3.8) is 0 Å². The van der Waals surface area contributed by atoms with Gasteiger partial charge in [0.1, 0.15) is 5.69 Å². The topological polar surface area (TPSA) is 70.4 Å². The summed E-state index contributed by atoms with van der Waals surface area (Å²) < 4.78 is 0. The van der Waals surface area contributed by atoms with Crippen molar-refractivity contribution in [2.24, 2.45) is 23.2 Å². The van der Waals surface area contributed by atoms with Crippen molar-refractivity contribution in [3.8, 4) is 0 Å². The van der Waals surface area contributed by atoms with Crippen LogP contribution in [0.4, 0.5) is 17.1 Å². The minimum Gasteiger partial charge on any atom is -0.376 e. The number of rotatable bonds is 5. The summed E-state index contributed by atoms with van der Waals surface area (Å²) in [5.41, 5.74) is 2.30. The third kappa shape index (κ3) is 3.57. The summed E-state index contributed by atoms with van der Waals surface area (Å²) in [6.45, 7) is 8.52. The molecule has 1 saturated heterocycles. The molecule has 4 aliphatic carbocycles. The predicted molar refractivity (Wildman–Crippen MR) is 121 cm³/mol. The molecule has 1 aromatic carbocycles. The highest BCUT2D eigenvalue weighted by Crippen LogP contribution is 2.61. The van der Waals surface area contributed by atoms with Crippen LogP contribution in [0, 0.1) is 33.3 Å². The van der Waals surface area contributed by atoms with E-state index in [1.54, 1.807) is 6.07 Å². The van der Waals surface area contributed by atoms with Crippen molar-refractivity contribution < 1.29 is 4.92 Å². The number of nitro groups is 1. The van der Waals surface area contributed by atoms with Crippen molar-refractivity contribution in [2.75, 3.05) is 23.3 Å². The lowest BCUT2D eigenvalue weighted by atomic mass is 9.48. The number of nitro benzene ring substituents is 1. The summed E-state index contributed by atoms with van der Waals surface area (Å²) >= 11 is 0. The molecule has 0 amide bonds. The Morgan fingerprint density at radius 2 is 1.67 bits per heavy atom. The quantitative estimate of drug-likeness (QED) is 0.537. The van der Waals surface area contributed by atoms with E-state index < -0.39 is 0 Å². The molecule has 6 rings (SSSR count). The Kier molecular flexibility index (Phi) is 4.96. The average molecular weight is 413 g/mol. The van der Waals surface area contributed by atoms with Gasteiger partial charge in [-0.3, -0.25) is 10.1 Å². The number of nitrogens with one attached hydrogen (secondary N) is 2. The fourth-order valence-corrected chi connectivity index (χ4v) is 7.63. The molecule has 4 saturated carbocycles. The van der Waals surface area contributed by atoms with Crippen LogP contribution in [-0.4, -0.2) is 36.1 Å². The van der Waals surface area contributed by atoms with Gasteiger partial charge >= 0.3 is 0 Å². The monoisotopic (exact) mass is 412 g/mol. The first-order chi connectivity index (χ1) is 14.3. The standard InChI is InChI=1S/C24H36N4O2/c1-15-13-27(14-16(2)25-15)21-4-5-23(28(29)30)22(9-21)26-17(3)24-10-18-6-19(11-24)8-20(7-18)12-24/h4-5,9,15-20,25-26H,6-8,10-14H2,1-3H3. The average Bonchev–Trinajstić information content (AvgIpc) is 2.66. The molecule has 164 valence electrons. The molecule has 0 aromatic heterocycles. The summed E-state index contributed by atoms with van der Waals surface area (Å²) in [5.74, 6) is 2.64. The largest absolute Gasteiger partial charge is 0.376 e. The van der Waals surface area contributed by atoms with E-state index in [2.05, 4.69) is 36.3 Å². The highest BCUT2D eigenvalue weighted by Gasteiger charge is 2.53. The predicted octanol–water partition coefficient (Wildman–Crippen LogP) is 4.80. The number of anilines is 2. The number of benzene rings is 1. The molecular weight excluding hydrogens is 376 g/mol. The van der Waals surface area contributed by atoms with Crippen molar-refractivity contribution in [2.45, 2.75) is 77.4 Å². The van der Waals surface area contributed by atoms with Gasteiger partial charge in [-0.05, 0) is 94.6 Å². The lowest BCUT2D eigenvalue weighted by molar-refractivity contribution is -0.384. The normalized spacial score (nSPS) is 38.5. The van der Waals surface area contributed by atoms with Crippen LogP contribution in [0.2, 0.25) is 0 Å². The van der Waals surface area contributed by atoms with E-state index in [1.165, 1.54) is 38.5 Å². The second-order valence-electron chi connectivity index (χ2n) is 11.0. The summed E-state index contributed by atoms with van der Waals surface area (Å²) in [6.07, 6.45) is 8.15. The van der Waals surface area contributed by atoms with E-state index >= 15 is 0 Å². The minimum atomic E-state index is -0.235. The number of hydrogen-bond acceptors (Lipinski definition) is 5. The maximum absolute atomic E-state index is 11.8. The van der Waals surface area contributed by atoms with Gasteiger partial charge in [-0.2, -0.15) is 0 Å². The summed E-state index contributed by atoms with van der Waals surface area (Å²) in [4.78, 5) is 13.9. The van der Waals surface area contributed by atoms with Crippen LogP contribution in [0.15, 0.2) is 18.2 Å². The van der Waals surface area contributed by atoms with E-state index in [0.29, 0.717) is 23.2 Å². The van der Waals surface area contributed by atoms with Crippen molar-refractivity contribution in [3.05, 3.63) is 28.3 Å². The van der Waals surface area contributed by atoms with Crippen LogP contribution in [0.5, 0.6) is 0 Å². The number of nitrogens with zero attached hydrogens (tertiary/aromatic N) is 2. The summed E-state index contributed by atoms with van der Waals surface area (Å²) in [7, 11) is 0. The van der Waals surface area contributed by atoms with Crippen molar-refractivity contribution >= 4 is 17.1 Å². The second kappa shape index (κ2) is 7.40. The second-order valence-corrected chi connectivity index (χ2v) is 11.0. The van der Waals surface area contributed by atoms with Gasteiger partial charge in [-0.25, -0.2) is 0 Å². The van der Waals surface area contributed by atoms with Crippen LogP contribution in [0.25, 0.3) is 0 Å². The van der Waals surface area contributed by atoms with Gasteiger partial charge in [0.05, 0.1) is 4.92 Å². The lowest BCUT2D eigenvalue weighted by Crippen LogP contribution is -2.54. The molecule has 0 spiro atoms. The zero-order valence-electron chi connectivity index (χ0n) is 18.6. The first-order valence-electron chi connectivity index (χ1n) is 11.9. The van der Waals surface area contributed by atoms with Crippen LogP contribution >= 0.6 is 0 Å². The molecule has 6 nitrogen and oxygen atoms in total. The number of hydrogen-bond donors (Lipinski definition) is 2. The smallest absolute Gasteiger partial charge is 0.292 e. The highest BCUT2D eigenvalue weighted by molar-refractivity contribution is 5.69. The van der Waals surface area contributed by atoms with E-state index in [4.69, 9.17) is 0 Å².